The zero-order valence-corrected chi connectivity index (χ0v) is 18.3. The first-order valence-electron chi connectivity index (χ1n) is 10.4. The molecule has 1 N–H and O–H groups in total. The highest BCUT2D eigenvalue weighted by molar-refractivity contribution is 5.96. The summed E-state index contributed by atoms with van der Waals surface area (Å²) in [6, 6.07) is 14.9. The van der Waals surface area contributed by atoms with Gasteiger partial charge in [0.15, 0.2) is 0 Å². The summed E-state index contributed by atoms with van der Waals surface area (Å²) in [5, 5.41) is 14.5. The van der Waals surface area contributed by atoms with Crippen LogP contribution in [0.25, 0.3) is 0 Å². The number of rotatable bonds is 8. The molecule has 1 saturated heterocycles. The first-order valence-corrected chi connectivity index (χ1v) is 10.4. The van der Waals surface area contributed by atoms with E-state index in [9.17, 15) is 14.9 Å². The third-order valence-corrected chi connectivity index (χ3v) is 5.64. The maximum absolute atomic E-state index is 13.1. The fourth-order valence-corrected chi connectivity index (χ4v) is 3.90. The Morgan fingerprint density at radius 1 is 1.19 bits per heavy atom. The molecule has 1 heterocycles. The number of carbonyl (C=O) groups is 1. The summed E-state index contributed by atoms with van der Waals surface area (Å²) in [4.78, 5) is 28.4. The number of methoxy groups -OCH3 is 1. The Bertz CT molecular complexity index is 917. The van der Waals surface area contributed by atoms with Crippen molar-refractivity contribution in [3.8, 4) is 0 Å². The molecule has 0 spiro atoms. The number of nitro groups is 1. The summed E-state index contributed by atoms with van der Waals surface area (Å²) in [5.74, 6) is -0.182. The van der Waals surface area contributed by atoms with Crippen LogP contribution in [0, 0.1) is 10.1 Å². The molecule has 8 heteroatoms. The van der Waals surface area contributed by atoms with Gasteiger partial charge in [0.05, 0.1) is 11.5 Å². The van der Waals surface area contributed by atoms with E-state index >= 15 is 0 Å². The molecule has 1 aliphatic heterocycles. The predicted molar refractivity (Wildman–Crippen MR) is 120 cm³/mol. The second-order valence-corrected chi connectivity index (χ2v) is 8.35. The smallest absolute Gasteiger partial charge is 0.293 e. The first kappa shape index (κ1) is 22.7. The van der Waals surface area contributed by atoms with Crippen molar-refractivity contribution in [1.29, 1.82) is 0 Å². The molecule has 0 atom stereocenters. The van der Waals surface area contributed by atoms with Crippen LogP contribution >= 0.6 is 0 Å². The van der Waals surface area contributed by atoms with Gasteiger partial charge >= 0.3 is 0 Å². The molecule has 2 aromatic rings. The molecule has 3 rings (SSSR count). The van der Waals surface area contributed by atoms with Crippen molar-refractivity contribution in [2.24, 2.45) is 0 Å². The van der Waals surface area contributed by atoms with E-state index in [1.807, 2.05) is 18.2 Å². The number of benzene rings is 2. The minimum Gasteiger partial charge on any atom is -0.383 e. The number of hydrogen-bond acceptors (Lipinski definition) is 6. The lowest BCUT2D eigenvalue weighted by molar-refractivity contribution is -0.384. The van der Waals surface area contributed by atoms with Crippen molar-refractivity contribution in [2.75, 3.05) is 45.2 Å². The number of ether oxygens (including phenoxy) is 1. The molecular weight excluding hydrogens is 396 g/mol. The average molecular weight is 427 g/mol. The molecule has 1 amide bonds. The van der Waals surface area contributed by atoms with E-state index in [0.29, 0.717) is 37.5 Å². The van der Waals surface area contributed by atoms with Crippen LogP contribution in [0.15, 0.2) is 48.5 Å². The maximum atomic E-state index is 13.1. The van der Waals surface area contributed by atoms with Crippen molar-refractivity contribution >= 4 is 17.3 Å². The molecule has 0 unspecified atom stereocenters. The molecule has 0 aromatic heterocycles. The van der Waals surface area contributed by atoms with Gasteiger partial charge in [-0.15, -0.1) is 0 Å². The quantitative estimate of drug-likeness (QED) is 0.395. The van der Waals surface area contributed by atoms with Crippen LogP contribution in [0.2, 0.25) is 0 Å². The number of anilines is 1. The maximum Gasteiger partial charge on any atom is 0.293 e. The molecule has 2 aromatic carbocycles. The summed E-state index contributed by atoms with van der Waals surface area (Å²) in [5.41, 5.74) is 1.63. The second-order valence-electron chi connectivity index (χ2n) is 8.35. The van der Waals surface area contributed by atoms with Gasteiger partial charge in [0.1, 0.15) is 5.69 Å². The number of hydrogen-bond donors (Lipinski definition) is 1. The zero-order chi connectivity index (χ0) is 22.4. The third kappa shape index (κ3) is 5.59. The Balaban J connectivity index is 1.71. The van der Waals surface area contributed by atoms with E-state index in [4.69, 9.17) is 4.74 Å². The standard InChI is InChI=1S/C23H30N4O4/c1-23(2)17-25(12-13-26(23)16-18-7-5-4-6-8-18)22(28)19-9-10-20(24-11-14-31-3)21(15-19)27(29)30/h4-10,15,24H,11-14,16-17H2,1-3H3. The molecular formula is C23H30N4O4. The van der Waals surface area contributed by atoms with Gasteiger partial charge in [-0.1, -0.05) is 30.3 Å². The van der Waals surface area contributed by atoms with Crippen molar-refractivity contribution in [3.05, 3.63) is 69.8 Å². The first-order chi connectivity index (χ1) is 14.8. The van der Waals surface area contributed by atoms with Crippen LogP contribution in [0.5, 0.6) is 0 Å². The summed E-state index contributed by atoms with van der Waals surface area (Å²) in [6.45, 7) is 7.83. The Kier molecular flexibility index (Phi) is 7.25. The minimum atomic E-state index is -0.465. The van der Waals surface area contributed by atoms with Crippen LogP contribution < -0.4 is 5.32 Å². The minimum absolute atomic E-state index is 0.107. The van der Waals surface area contributed by atoms with Crippen LogP contribution in [0.4, 0.5) is 11.4 Å². The normalized spacial score (nSPS) is 16.2. The van der Waals surface area contributed by atoms with E-state index in [1.165, 1.54) is 11.6 Å². The Labute approximate surface area is 182 Å². The summed E-state index contributed by atoms with van der Waals surface area (Å²) in [6.07, 6.45) is 0. The molecule has 0 aliphatic carbocycles. The average Bonchev–Trinajstić information content (AvgIpc) is 2.75. The molecule has 0 saturated carbocycles. The highest BCUT2D eigenvalue weighted by Crippen LogP contribution is 2.28. The molecule has 166 valence electrons. The van der Waals surface area contributed by atoms with E-state index in [1.54, 1.807) is 24.1 Å². The Hall–Kier alpha value is -2.97. The Morgan fingerprint density at radius 2 is 1.94 bits per heavy atom. The molecule has 1 aliphatic rings. The van der Waals surface area contributed by atoms with E-state index in [2.05, 4.69) is 36.2 Å². The third-order valence-electron chi connectivity index (χ3n) is 5.64. The van der Waals surface area contributed by atoms with Crippen molar-refractivity contribution < 1.29 is 14.5 Å². The van der Waals surface area contributed by atoms with Crippen LogP contribution in [-0.2, 0) is 11.3 Å². The van der Waals surface area contributed by atoms with Crippen LogP contribution in [-0.4, -0.2) is 66.1 Å². The van der Waals surface area contributed by atoms with E-state index < -0.39 is 4.92 Å². The molecule has 1 fully saturated rings. The number of nitrogens with zero attached hydrogens (tertiary/aromatic N) is 3. The van der Waals surface area contributed by atoms with Gasteiger partial charge in [0.2, 0.25) is 0 Å². The van der Waals surface area contributed by atoms with Gasteiger partial charge in [0, 0.05) is 57.0 Å². The Morgan fingerprint density at radius 3 is 2.58 bits per heavy atom. The SMILES string of the molecule is COCCNc1ccc(C(=O)N2CCN(Cc3ccccc3)C(C)(C)C2)cc1[N+](=O)[O-]. The van der Waals surface area contributed by atoms with Gasteiger partial charge < -0.3 is 15.0 Å². The van der Waals surface area contributed by atoms with Crippen molar-refractivity contribution in [3.63, 3.8) is 0 Å². The number of carbonyl (C=O) groups excluding carboxylic acids is 1. The molecule has 0 radical (unpaired) electrons. The fourth-order valence-electron chi connectivity index (χ4n) is 3.90. The van der Waals surface area contributed by atoms with Crippen molar-refractivity contribution in [2.45, 2.75) is 25.9 Å². The number of amides is 1. The lowest BCUT2D eigenvalue weighted by Crippen LogP contribution is -2.59. The summed E-state index contributed by atoms with van der Waals surface area (Å²) >= 11 is 0. The zero-order valence-electron chi connectivity index (χ0n) is 18.3. The van der Waals surface area contributed by atoms with Gasteiger partial charge in [-0.2, -0.15) is 0 Å². The number of nitrogens with one attached hydrogen (secondary N) is 1. The van der Waals surface area contributed by atoms with Gasteiger partial charge in [-0.25, -0.2) is 0 Å². The van der Waals surface area contributed by atoms with Crippen LogP contribution in [0.1, 0.15) is 29.8 Å². The molecule has 31 heavy (non-hydrogen) atoms. The van der Waals surface area contributed by atoms with Gasteiger partial charge in [0.25, 0.3) is 11.6 Å². The van der Waals surface area contributed by atoms with E-state index in [-0.39, 0.29) is 17.1 Å². The largest absolute Gasteiger partial charge is 0.383 e. The second kappa shape index (κ2) is 9.89. The predicted octanol–water partition coefficient (Wildman–Crippen LogP) is 3.39. The fraction of sp³-hybridized carbons (Fsp3) is 0.435. The summed E-state index contributed by atoms with van der Waals surface area (Å²) < 4.78 is 4.97. The lowest BCUT2D eigenvalue weighted by atomic mass is 9.97. The van der Waals surface area contributed by atoms with Gasteiger partial charge in [-0.3, -0.25) is 19.8 Å². The summed E-state index contributed by atoms with van der Waals surface area (Å²) in [7, 11) is 1.57. The number of nitro benzene ring substituents is 1. The lowest BCUT2D eigenvalue weighted by Gasteiger charge is -2.47. The van der Waals surface area contributed by atoms with E-state index in [0.717, 1.165) is 13.1 Å². The molecule has 0 bridgehead atoms. The highest BCUT2D eigenvalue weighted by atomic mass is 16.6. The van der Waals surface area contributed by atoms with Gasteiger partial charge in [-0.05, 0) is 31.5 Å². The highest BCUT2D eigenvalue weighted by Gasteiger charge is 2.36. The monoisotopic (exact) mass is 426 g/mol. The van der Waals surface area contributed by atoms with Crippen LogP contribution in [0.3, 0.4) is 0 Å². The topological polar surface area (TPSA) is 88.0 Å². The van der Waals surface area contributed by atoms with Crippen molar-refractivity contribution in [1.82, 2.24) is 9.80 Å². The molecule has 8 nitrogen and oxygen atoms in total. The number of piperazine rings is 1.